The number of aliphatic hydroxyl groups excluding tert-OH is 1. The van der Waals surface area contributed by atoms with Gasteiger partial charge in [0.1, 0.15) is 29.6 Å². The SMILES string of the molecule is C=CCOC(=O)c1sc(N2C(=O)C(=O)/C(=C(/O)c3ccc(OCCC)cc3)C2c2ccc(OCc3ccccc3)c(OCC)c2)nc1C. The maximum atomic E-state index is 13.8. The summed E-state index contributed by atoms with van der Waals surface area (Å²) in [6, 6.07) is 20.3. The number of ketones is 1. The van der Waals surface area contributed by atoms with Gasteiger partial charge >= 0.3 is 11.9 Å². The highest BCUT2D eigenvalue weighted by atomic mass is 32.1. The van der Waals surface area contributed by atoms with Crippen LogP contribution in [0.4, 0.5) is 5.13 Å². The van der Waals surface area contributed by atoms with E-state index >= 15 is 0 Å². The van der Waals surface area contributed by atoms with Crippen LogP contribution in [-0.2, 0) is 20.9 Å². The molecule has 1 aliphatic heterocycles. The second-order valence-electron chi connectivity index (χ2n) is 10.8. The molecule has 0 saturated carbocycles. The molecular formula is C37H36N2O8S. The van der Waals surface area contributed by atoms with Gasteiger partial charge in [0.05, 0.1) is 30.5 Å². The van der Waals surface area contributed by atoms with E-state index in [1.54, 1.807) is 49.4 Å². The molecule has 10 nitrogen and oxygen atoms in total. The van der Waals surface area contributed by atoms with Gasteiger partial charge in [0.25, 0.3) is 5.78 Å². The van der Waals surface area contributed by atoms with Crippen molar-refractivity contribution in [2.45, 2.75) is 39.8 Å². The van der Waals surface area contributed by atoms with Crippen LogP contribution in [0, 0.1) is 6.92 Å². The minimum absolute atomic E-state index is 0.00279. The molecule has 2 heterocycles. The van der Waals surface area contributed by atoms with Gasteiger partial charge in [-0.25, -0.2) is 9.78 Å². The van der Waals surface area contributed by atoms with E-state index in [1.165, 1.54) is 11.0 Å². The average molecular weight is 669 g/mol. The summed E-state index contributed by atoms with van der Waals surface area (Å²) in [5.41, 5.74) is 1.92. The van der Waals surface area contributed by atoms with Crippen molar-refractivity contribution < 1.29 is 38.4 Å². The molecule has 1 N–H and O–H groups in total. The number of thiazole rings is 1. The number of aromatic nitrogens is 1. The Hall–Kier alpha value is -5.42. The third kappa shape index (κ3) is 7.26. The normalized spacial score (nSPS) is 15.3. The van der Waals surface area contributed by atoms with Gasteiger partial charge in [-0.3, -0.25) is 14.5 Å². The summed E-state index contributed by atoms with van der Waals surface area (Å²) in [6.45, 7) is 10.1. The van der Waals surface area contributed by atoms with Crippen LogP contribution in [-0.4, -0.2) is 47.6 Å². The number of ether oxygens (including phenoxy) is 4. The highest BCUT2D eigenvalue weighted by Crippen LogP contribution is 2.45. The van der Waals surface area contributed by atoms with Crippen molar-refractivity contribution in [3.8, 4) is 17.2 Å². The Balaban J connectivity index is 1.61. The highest BCUT2D eigenvalue weighted by Gasteiger charge is 2.48. The molecule has 1 fully saturated rings. The topological polar surface area (TPSA) is 124 Å². The van der Waals surface area contributed by atoms with Crippen molar-refractivity contribution in [1.82, 2.24) is 4.98 Å². The summed E-state index contributed by atoms with van der Waals surface area (Å²) < 4.78 is 22.9. The second kappa shape index (κ2) is 15.4. The molecule has 0 radical (unpaired) electrons. The molecule has 1 amide bonds. The van der Waals surface area contributed by atoms with Gasteiger partial charge in [0, 0.05) is 5.56 Å². The lowest BCUT2D eigenvalue weighted by molar-refractivity contribution is -0.132. The molecule has 0 bridgehead atoms. The molecular weight excluding hydrogens is 632 g/mol. The number of amides is 1. The standard InChI is InChI=1S/C37H36N2O8S/c1-5-19-45-27-16-13-25(14-17-27)32(40)30-31(26-15-18-28(29(21-26)44-7-3)47-22-24-11-9-8-10-12-24)39(35(42)33(30)41)37-38-23(4)34(48-37)36(43)46-20-6-2/h6,8-18,21,31,40H,2,5,7,19-20,22H2,1,3-4H3/b32-30+. The molecule has 48 heavy (non-hydrogen) atoms. The van der Waals surface area contributed by atoms with Crippen molar-refractivity contribution in [2.24, 2.45) is 0 Å². The minimum atomic E-state index is -1.12. The molecule has 0 aliphatic carbocycles. The Morgan fingerprint density at radius 1 is 1.00 bits per heavy atom. The summed E-state index contributed by atoms with van der Waals surface area (Å²) in [7, 11) is 0. The number of benzene rings is 3. The summed E-state index contributed by atoms with van der Waals surface area (Å²) in [5, 5.41) is 11.7. The molecule has 11 heteroatoms. The van der Waals surface area contributed by atoms with Crippen molar-refractivity contribution in [1.29, 1.82) is 0 Å². The van der Waals surface area contributed by atoms with Gasteiger partial charge in [-0.05, 0) is 67.8 Å². The van der Waals surface area contributed by atoms with Gasteiger partial charge in [0.2, 0.25) is 0 Å². The van der Waals surface area contributed by atoms with Crippen LogP contribution < -0.4 is 19.1 Å². The number of rotatable bonds is 14. The van der Waals surface area contributed by atoms with Crippen LogP contribution in [0.1, 0.15) is 58.4 Å². The zero-order valence-electron chi connectivity index (χ0n) is 26.9. The first-order valence-corrected chi connectivity index (χ1v) is 16.3. The van der Waals surface area contributed by atoms with Crippen LogP contribution in [0.15, 0.2) is 91.0 Å². The summed E-state index contributed by atoms with van der Waals surface area (Å²) >= 11 is 0.918. The van der Waals surface area contributed by atoms with Gasteiger partial charge in [-0.15, -0.1) is 0 Å². The number of carbonyl (C=O) groups excluding carboxylic acids is 3. The fraction of sp³-hybridized carbons (Fsp3) is 0.243. The molecule has 5 rings (SSSR count). The predicted molar refractivity (Wildman–Crippen MR) is 183 cm³/mol. The van der Waals surface area contributed by atoms with Crippen LogP contribution in [0.2, 0.25) is 0 Å². The minimum Gasteiger partial charge on any atom is -0.507 e. The third-order valence-corrected chi connectivity index (χ3v) is 8.51. The Morgan fingerprint density at radius 3 is 2.44 bits per heavy atom. The number of carbonyl (C=O) groups is 3. The zero-order valence-corrected chi connectivity index (χ0v) is 27.7. The predicted octanol–water partition coefficient (Wildman–Crippen LogP) is 7.19. The van der Waals surface area contributed by atoms with Gasteiger partial charge in [0.15, 0.2) is 16.6 Å². The highest BCUT2D eigenvalue weighted by molar-refractivity contribution is 7.17. The van der Waals surface area contributed by atoms with E-state index in [0.717, 1.165) is 23.3 Å². The molecule has 4 aromatic rings. The molecule has 1 saturated heterocycles. The Labute approximate surface area is 282 Å². The number of anilines is 1. The van der Waals surface area contributed by atoms with Gasteiger partial charge in [-0.2, -0.15) is 0 Å². The first kappa shape index (κ1) is 33.9. The lowest BCUT2D eigenvalue weighted by atomic mass is 9.95. The van der Waals surface area contributed by atoms with Crippen LogP contribution in [0.5, 0.6) is 17.2 Å². The smallest absolute Gasteiger partial charge is 0.350 e. The first-order valence-electron chi connectivity index (χ1n) is 15.5. The van der Waals surface area contributed by atoms with E-state index in [1.807, 2.05) is 44.2 Å². The van der Waals surface area contributed by atoms with Crippen molar-refractivity contribution in [2.75, 3.05) is 24.7 Å². The van der Waals surface area contributed by atoms with Gasteiger partial charge in [-0.1, -0.05) is 67.3 Å². The average Bonchev–Trinajstić information content (AvgIpc) is 3.61. The molecule has 3 aromatic carbocycles. The molecule has 1 aromatic heterocycles. The number of Topliss-reactive ketones (excluding diaryl/α,β-unsaturated/α-hetero) is 1. The number of hydrogen-bond acceptors (Lipinski definition) is 10. The van der Waals surface area contributed by atoms with E-state index in [4.69, 9.17) is 18.9 Å². The summed E-state index contributed by atoms with van der Waals surface area (Å²) in [4.78, 5) is 46.2. The van der Waals surface area contributed by atoms with E-state index < -0.39 is 23.7 Å². The maximum absolute atomic E-state index is 13.8. The molecule has 1 unspecified atom stereocenters. The fourth-order valence-electron chi connectivity index (χ4n) is 5.12. The van der Waals surface area contributed by atoms with Crippen LogP contribution >= 0.6 is 11.3 Å². The van der Waals surface area contributed by atoms with E-state index in [-0.39, 0.29) is 27.9 Å². The molecule has 0 spiro atoms. The summed E-state index contributed by atoms with van der Waals surface area (Å²) in [6.07, 6.45) is 2.27. The van der Waals surface area contributed by atoms with Crippen molar-refractivity contribution >= 4 is 39.9 Å². The quantitative estimate of drug-likeness (QED) is 0.0489. The van der Waals surface area contributed by atoms with E-state index in [0.29, 0.717) is 53.9 Å². The van der Waals surface area contributed by atoms with Crippen molar-refractivity contribution in [3.05, 3.63) is 118 Å². The monoisotopic (exact) mass is 668 g/mol. The van der Waals surface area contributed by atoms with E-state index in [2.05, 4.69) is 11.6 Å². The zero-order chi connectivity index (χ0) is 34.2. The fourth-order valence-corrected chi connectivity index (χ4v) is 6.11. The number of hydrogen-bond donors (Lipinski definition) is 1. The van der Waals surface area contributed by atoms with E-state index in [9.17, 15) is 19.5 Å². The summed E-state index contributed by atoms with van der Waals surface area (Å²) in [5.74, 6) is -1.37. The largest absolute Gasteiger partial charge is 0.507 e. The Bertz CT molecular complexity index is 1830. The number of nitrogens with zero attached hydrogens (tertiary/aromatic N) is 2. The molecule has 1 atom stereocenters. The number of aryl methyl sites for hydroxylation is 1. The van der Waals surface area contributed by atoms with Crippen LogP contribution in [0.25, 0.3) is 5.76 Å². The third-order valence-electron chi connectivity index (χ3n) is 7.37. The first-order chi connectivity index (χ1) is 23.3. The lowest BCUT2D eigenvalue weighted by Crippen LogP contribution is -2.29. The van der Waals surface area contributed by atoms with Gasteiger partial charge < -0.3 is 24.1 Å². The lowest BCUT2D eigenvalue weighted by Gasteiger charge is -2.24. The van der Waals surface area contributed by atoms with Crippen LogP contribution in [0.3, 0.4) is 0 Å². The van der Waals surface area contributed by atoms with Crippen molar-refractivity contribution in [3.63, 3.8) is 0 Å². The molecule has 248 valence electrons. The second-order valence-corrected chi connectivity index (χ2v) is 11.7. The number of esters is 1. The molecule has 1 aliphatic rings. The Kier molecular flexibility index (Phi) is 10.9. The number of aliphatic hydroxyl groups is 1. The Morgan fingerprint density at radius 2 is 1.75 bits per heavy atom. The maximum Gasteiger partial charge on any atom is 0.350 e.